The summed E-state index contributed by atoms with van der Waals surface area (Å²) < 4.78 is 15.6. The van der Waals surface area contributed by atoms with E-state index in [1.807, 2.05) is 30.3 Å². The minimum Gasteiger partial charge on any atom is -0.382 e. The number of nitrogens with zero attached hydrogens (tertiary/aromatic N) is 3. The Morgan fingerprint density at radius 2 is 1.89 bits per heavy atom. The molecule has 0 bridgehead atoms. The van der Waals surface area contributed by atoms with Crippen molar-refractivity contribution in [3.63, 3.8) is 0 Å². The Labute approximate surface area is 168 Å². The minimum absolute atomic E-state index is 0.0202. The van der Waals surface area contributed by atoms with E-state index in [-0.39, 0.29) is 11.3 Å². The highest BCUT2D eigenvalue weighted by Gasteiger charge is 2.23. The number of hydrogen-bond donors (Lipinski definition) is 0. The van der Waals surface area contributed by atoms with Crippen molar-refractivity contribution in [3.05, 3.63) is 76.5 Å². The Morgan fingerprint density at radius 1 is 1.19 bits per heavy atom. The number of carbonyl (C=O) groups excluding carboxylic acids is 1. The molecule has 0 fully saturated rings. The highest BCUT2D eigenvalue weighted by molar-refractivity contribution is 9.10. The van der Waals surface area contributed by atoms with E-state index in [9.17, 15) is 14.3 Å². The number of benzene rings is 2. The lowest BCUT2D eigenvalue weighted by Gasteiger charge is -2.11. The second kappa shape index (κ2) is 7.91. The van der Waals surface area contributed by atoms with Crippen LogP contribution in [0.25, 0.3) is 10.9 Å². The van der Waals surface area contributed by atoms with Crippen LogP contribution in [0.3, 0.4) is 0 Å². The van der Waals surface area contributed by atoms with Crippen LogP contribution in [0.1, 0.15) is 10.5 Å². The number of ketones is 1. The van der Waals surface area contributed by atoms with Crippen molar-refractivity contribution in [3.8, 4) is 6.07 Å². The van der Waals surface area contributed by atoms with Gasteiger partial charge in [0.05, 0.1) is 10.4 Å². The van der Waals surface area contributed by atoms with E-state index in [2.05, 4.69) is 15.9 Å². The van der Waals surface area contributed by atoms with E-state index in [1.165, 1.54) is 10.2 Å². The van der Waals surface area contributed by atoms with Gasteiger partial charge in [-0.05, 0) is 30.3 Å². The Balaban J connectivity index is 2.26. The number of rotatable bonds is 5. The molecule has 7 heteroatoms. The van der Waals surface area contributed by atoms with Crippen LogP contribution >= 0.6 is 15.9 Å². The topological polar surface area (TPSA) is 66.1 Å². The normalized spacial score (nSPS) is 12.6. The van der Waals surface area contributed by atoms with Gasteiger partial charge in [0.1, 0.15) is 17.3 Å². The van der Waals surface area contributed by atoms with E-state index < -0.39 is 16.8 Å². The van der Waals surface area contributed by atoms with E-state index in [0.29, 0.717) is 10.4 Å². The maximum atomic E-state index is 13.3. The molecule has 2 aromatic carbocycles. The molecule has 0 aliphatic heterocycles. The Kier molecular flexibility index (Phi) is 5.59. The van der Waals surface area contributed by atoms with Crippen molar-refractivity contribution >= 4 is 43.6 Å². The van der Waals surface area contributed by atoms with Crippen molar-refractivity contribution in [2.45, 2.75) is 4.90 Å². The van der Waals surface area contributed by atoms with Crippen molar-refractivity contribution < 1.29 is 9.00 Å². The summed E-state index contributed by atoms with van der Waals surface area (Å²) in [7, 11) is 1.83. The number of carbonyl (C=O) groups is 1. The van der Waals surface area contributed by atoms with Crippen molar-refractivity contribution in [1.29, 1.82) is 5.26 Å². The number of aromatic nitrogens is 1. The average molecular weight is 442 g/mol. The Bertz CT molecular complexity index is 1110. The zero-order valence-corrected chi connectivity index (χ0v) is 17.1. The summed E-state index contributed by atoms with van der Waals surface area (Å²) in [5, 5.41) is 10.2. The predicted octanol–water partition coefficient (Wildman–Crippen LogP) is 4.13. The van der Waals surface area contributed by atoms with Crippen LogP contribution in [-0.2, 0) is 11.0 Å². The molecule has 1 unspecified atom stereocenters. The van der Waals surface area contributed by atoms with Gasteiger partial charge in [0, 0.05) is 30.2 Å². The molecular formula is C20H16BrN3O2S. The number of hydrogen-bond acceptors (Lipinski definition) is 4. The second-order valence-electron chi connectivity index (χ2n) is 6.04. The maximum absolute atomic E-state index is 13.3. The Hall–Kier alpha value is -2.69. The number of halogens is 1. The molecule has 3 rings (SSSR count). The molecular weight excluding hydrogens is 426 g/mol. The summed E-state index contributed by atoms with van der Waals surface area (Å²) in [5.41, 5.74) is 0.838. The summed E-state index contributed by atoms with van der Waals surface area (Å²) in [6.07, 6.45) is 1.46. The quantitative estimate of drug-likeness (QED) is 0.339. The van der Waals surface area contributed by atoms with Gasteiger partial charge in [-0.15, -0.1) is 0 Å². The first-order valence-electron chi connectivity index (χ1n) is 8.03. The van der Waals surface area contributed by atoms with Gasteiger partial charge in [-0.2, -0.15) is 5.26 Å². The smallest absolute Gasteiger partial charge is 0.222 e. The SMILES string of the molecule is CN(C)/C=C(\C#N)C(=O)c1cc2ccc(Br)cc2n1S(=O)c1ccccc1. The predicted molar refractivity (Wildman–Crippen MR) is 110 cm³/mol. The first kappa shape index (κ1) is 19.1. The van der Waals surface area contributed by atoms with Gasteiger partial charge in [-0.1, -0.05) is 40.2 Å². The van der Waals surface area contributed by atoms with Crippen LogP contribution in [0.15, 0.2) is 75.7 Å². The lowest BCUT2D eigenvalue weighted by molar-refractivity contribution is 0.103. The molecule has 0 spiro atoms. The molecule has 5 nitrogen and oxygen atoms in total. The summed E-state index contributed by atoms with van der Waals surface area (Å²) in [4.78, 5) is 15.2. The molecule has 0 amide bonds. The molecule has 0 saturated carbocycles. The molecule has 1 heterocycles. The molecule has 1 atom stereocenters. The average Bonchev–Trinajstić information content (AvgIpc) is 3.04. The standard InChI is InChI=1S/C20H16BrN3O2S/c1-23(2)13-15(12-22)20(25)19-10-14-8-9-16(21)11-18(14)24(19)27(26)17-6-4-3-5-7-17/h3-11,13H,1-2H3/b15-13+. The van der Waals surface area contributed by atoms with Gasteiger partial charge in [0.25, 0.3) is 0 Å². The fourth-order valence-corrected chi connectivity index (χ4v) is 4.26. The van der Waals surface area contributed by atoms with Crippen LogP contribution in [-0.4, -0.2) is 33.0 Å². The van der Waals surface area contributed by atoms with Gasteiger partial charge < -0.3 is 4.90 Å². The third-order valence-corrected chi connectivity index (χ3v) is 5.71. The number of allylic oxidation sites excluding steroid dienone is 1. The molecule has 0 aliphatic rings. The van der Waals surface area contributed by atoms with Crippen molar-refractivity contribution in [1.82, 2.24) is 8.87 Å². The third kappa shape index (κ3) is 3.87. The second-order valence-corrected chi connectivity index (χ2v) is 8.29. The molecule has 0 saturated heterocycles. The zero-order valence-electron chi connectivity index (χ0n) is 14.7. The van der Waals surface area contributed by atoms with Crippen molar-refractivity contribution in [2.75, 3.05) is 14.1 Å². The van der Waals surface area contributed by atoms with Crippen LogP contribution in [0.5, 0.6) is 0 Å². The van der Waals surface area contributed by atoms with Crippen LogP contribution in [0.2, 0.25) is 0 Å². The first-order valence-corrected chi connectivity index (χ1v) is 9.93. The number of nitriles is 1. The first-order chi connectivity index (χ1) is 12.9. The lowest BCUT2D eigenvalue weighted by Crippen LogP contribution is -2.16. The van der Waals surface area contributed by atoms with Crippen LogP contribution in [0, 0.1) is 11.3 Å². The fraction of sp³-hybridized carbons (Fsp3) is 0.100. The zero-order chi connectivity index (χ0) is 19.6. The molecule has 1 aromatic heterocycles. The van der Waals surface area contributed by atoms with E-state index in [4.69, 9.17) is 0 Å². The summed E-state index contributed by atoms with van der Waals surface area (Å²) in [6, 6.07) is 18.0. The molecule has 3 aromatic rings. The largest absolute Gasteiger partial charge is 0.382 e. The molecule has 0 aliphatic carbocycles. The highest BCUT2D eigenvalue weighted by Crippen LogP contribution is 2.28. The van der Waals surface area contributed by atoms with Gasteiger partial charge in [-0.3, -0.25) is 8.77 Å². The third-order valence-electron chi connectivity index (χ3n) is 3.82. The van der Waals surface area contributed by atoms with Crippen molar-refractivity contribution in [2.24, 2.45) is 0 Å². The minimum atomic E-state index is -1.64. The fourth-order valence-electron chi connectivity index (χ4n) is 2.66. The lowest BCUT2D eigenvalue weighted by atomic mass is 10.1. The summed E-state index contributed by atoms with van der Waals surface area (Å²) >= 11 is 3.43. The maximum Gasteiger partial charge on any atom is 0.222 e. The van der Waals surface area contributed by atoms with E-state index >= 15 is 0 Å². The van der Waals surface area contributed by atoms with Gasteiger partial charge in [-0.25, -0.2) is 4.21 Å². The highest BCUT2D eigenvalue weighted by atomic mass is 79.9. The molecule has 27 heavy (non-hydrogen) atoms. The monoisotopic (exact) mass is 441 g/mol. The summed E-state index contributed by atoms with van der Waals surface area (Å²) in [6.45, 7) is 0. The van der Waals surface area contributed by atoms with Crippen LogP contribution in [0.4, 0.5) is 0 Å². The van der Waals surface area contributed by atoms with Gasteiger partial charge >= 0.3 is 0 Å². The molecule has 0 radical (unpaired) electrons. The molecule has 136 valence electrons. The van der Waals surface area contributed by atoms with Gasteiger partial charge in [0.2, 0.25) is 5.78 Å². The van der Waals surface area contributed by atoms with E-state index in [1.54, 1.807) is 49.3 Å². The summed E-state index contributed by atoms with van der Waals surface area (Å²) in [5.74, 6) is -0.470. The Morgan fingerprint density at radius 3 is 2.52 bits per heavy atom. The van der Waals surface area contributed by atoms with Gasteiger partial charge in [0.15, 0.2) is 11.0 Å². The molecule has 0 N–H and O–H groups in total. The number of fused-ring (bicyclic) bond motifs is 1. The number of Topliss-reactive ketones (excluding diaryl/α,β-unsaturated/α-hetero) is 1. The van der Waals surface area contributed by atoms with E-state index in [0.717, 1.165) is 9.86 Å². The van der Waals surface area contributed by atoms with Crippen LogP contribution < -0.4 is 0 Å².